The number of ether oxygens (including phenoxy) is 1. The largest absolute Gasteiger partial charge is 0.494 e. The van der Waals surface area contributed by atoms with Crippen LogP contribution in [0.5, 0.6) is 5.75 Å². The minimum atomic E-state index is -1.26. The molecule has 2 aromatic rings. The first-order valence-electron chi connectivity index (χ1n) is 16.2. The van der Waals surface area contributed by atoms with Crippen molar-refractivity contribution in [2.75, 3.05) is 70.4 Å². The number of hydrogen-bond donors (Lipinski definition) is 2. The smallest absolute Gasteiger partial charge is 0.328 e. The van der Waals surface area contributed by atoms with E-state index in [0.717, 1.165) is 56.9 Å². The zero-order valence-electron chi connectivity index (χ0n) is 26.6. The van der Waals surface area contributed by atoms with Gasteiger partial charge in [-0.25, -0.2) is 14.4 Å². The van der Waals surface area contributed by atoms with Gasteiger partial charge in [0.25, 0.3) is 0 Å². The summed E-state index contributed by atoms with van der Waals surface area (Å²) in [5, 5.41) is 24.9. The highest BCUT2D eigenvalue weighted by atomic mass is 16.5. The maximum absolute atomic E-state index is 14.0. The number of carbonyl (C=O) groups excluding carboxylic acids is 1. The van der Waals surface area contributed by atoms with Gasteiger partial charge in [-0.3, -0.25) is 4.90 Å². The van der Waals surface area contributed by atoms with E-state index in [1.165, 1.54) is 51.9 Å². The predicted octanol–water partition coefficient (Wildman–Crippen LogP) is 4.94. The highest BCUT2D eigenvalue weighted by Gasteiger charge is 2.23. The highest BCUT2D eigenvalue weighted by molar-refractivity contribution is 5.92. The van der Waals surface area contributed by atoms with Crippen LogP contribution < -0.4 is 9.64 Å². The fourth-order valence-electron chi connectivity index (χ4n) is 5.58. The van der Waals surface area contributed by atoms with Gasteiger partial charge in [0.2, 0.25) is 0 Å². The Morgan fingerprint density at radius 3 is 1.76 bits per heavy atom. The van der Waals surface area contributed by atoms with E-state index in [-0.39, 0.29) is 6.03 Å². The molecular weight excluding hydrogens is 586 g/mol. The lowest BCUT2D eigenvalue weighted by molar-refractivity contribution is -0.134. The number of carbonyl (C=O) groups is 3. The molecular formula is C35H47N5O6. The van der Waals surface area contributed by atoms with E-state index in [0.29, 0.717) is 30.9 Å². The minimum Gasteiger partial charge on any atom is -0.494 e. The first-order valence-corrected chi connectivity index (χ1v) is 16.2. The van der Waals surface area contributed by atoms with Crippen molar-refractivity contribution in [1.29, 1.82) is 5.26 Å². The van der Waals surface area contributed by atoms with Crippen LogP contribution in [0.25, 0.3) is 0 Å². The lowest BCUT2D eigenvalue weighted by Crippen LogP contribution is -2.46. The lowest BCUT2D eigenvalue weighted by atomic mass is 10.2. The van der Waals surface area contributed by atoms with Gasteiger partial charge in [-0.15, -0.1) is 0 Å². The molecule has 0 spiro atoms. The second-order valence-electron chi connectivity index (χ2n) is 11.4. The van der Waals surface area contributed by atoms with Crippen LogP contribution in [0, 0.1) is 11.3 Å². The van der Waals surface area contributed by atoms with Crippen molar-refractivity contribution in [3.8, 4) is 11.8 Å². The van der Waals surface area contributed by atoms with Gasteiger partial charge in [0.15, 0.2) is 0 Å². The van der Waals surface area contributed by atoms with Gasteiger partial charge in [0, 0.05) is 37.5 Å². The Morgan fingerprint density at radius 1 is 0.761 bits per heavy atom. The number of aliphatic carboxylic acids is 2. The normalized spacial score (nSPS) is 14.8. The maximum atomic E-state index is 14.0. The molecule has 0 saturated carbocycles. The van der Waals surface area contributed by atoms with E-state index in [4.69, 9.17) is 14.9 Å². The summed E-state index contributed by atoms with van der Waals surface area (Å²) in [6.45, 7) is 9.47. The Hall–Kier alpha value is -4.40. The molecule has 4 rings (SSSR count). The molecule has 2 N–H and O–H groups in total. The molecule has 2 aromatic carbocycles. The first kappa shape index (κ1) is 36.1. The maximum Gasteiger partial charge on any atom is 0.328 e. The molecule has 248 valence electrons. The second kappa shape index (κ2) is 20.6. The molecule has 2 aliphatic heterocycles. The summed E-state index contributed by atoms with van der Waals surface area (Å²) in [4.78, 5) is 42.1. The third-order valence-electron chi connectivity index (χ3n) is 7.92. The molecule has 2 saturated heterocycles. The van der Waals surface area contributed by atoms with Crippen LogP contribution in [0.1, 0.15) is 50.5 Å². The van der Waals surface area contributed by atoms with Crippen molar-refractivity contribution >= 4 is 23.7 Å². The van der Waals surface area contributed by atoms with E-state index in [1.54, 1.807) is 12.1 Å². The number of likely N-dealkylation sites (tertiary alicyclic amines) is 2. The number of carboxylic acid groups (broad SMARTS) is 2. The molecule has 2 amide bonds. The molecule has 2 fully saturated rings. The number of nitrogens with zero attached hydrogens (tertiary/aromatic N) is 5. The third-order valence-corrected chi connectivity index (χ3v) is 7.92. The number of para-hydroxylation sites is 1. The summed E-state index contributed by atoms with van der Waals surface area (Å²) in [5.74, 6) is -1.67. The van der Waals surface area contributed by atoms with Crippen molar-refractivity contribution in [1.82, 2.24) is 14.7 Å². The summed E-state index contributed by atoms with van der Waals surface area (Å²) in [7, 11) is 0. The Kier molecular flexibility index (Phi) is 16.2. The quantitative estimate of drug-likeness (QED) is 0.195. The number of rotatable bonds is 16. The van der Waals surface area contributed by atoms with E-state index in [1.807, 2.05) is 47.4 Å². The fourth-order valence-corrected chi connectivity index (χ4v) is 5.58. The molecule has 0 bridgehead atoms. The highest BCUT2D eigenvalue weighted by Crippen LogP contribution is 2.19. The summed E-state index contributed by atoms with van der Waals surface area (Å²) in [5.41, 5.74) is 1.43. The molecule has 0 atom stereocenters. The van der Waals surface area contributed by atoms with Crippen LogP contribution in [0.3, 0.4) is 0 Å². The Balaban J connectivity index is 0.000000637. The van der Waals surface area contributed by atoms with Crippen LogP contribution in [0.4, 0.5) is 10.5 Å². The van der Waals surface area contributed by atoms with Gasteiger partial charge in [-0.2, -0.15) is 5.26 Å². The second-order valence-corrected chi connectivity index (χ2v) is 11.4. The van der Waals surface area contributed by atoms with Crippen molar-refractivity contribution in [2.45, 2.75) is 44.9 Å². The molecule has 11 heteroatoms. The van der Waals surface area contributed by atoms with Crippen molar-refractivity contribution in [3.05, 3.63) is 72.3 Å². The monoisotopic (exact) mass is 633 g/mol. The van der Waals surface area contributed by atoms with Gasteiger partial charge in [-0.05, 0) is 121 Å². The Labute approximate surface area is 272 Å². The van der Waals surface area contributed by atoms with Gasteiger partial charge in [-0.1, -0.05) is 18.2 Å². The summed E-state index contributed by atoms with van der Waals surface area (Å²) < 4.78 is 5.91. The Bertz CT molecular complexity index is 1230. The van der Waals surface area contributed by atoms with Crippen LogP contribution >= 0.6 is 0 Å². The third kappa shape index (κ3) is 13.7. The topological polar surface area (TPSA) is 138 Å². The number of benzene rings is 2. The molecule has 2 aliphatic rings. The van der Waals surface area contributed by atoms with Gasteiger partial charge in [0.1, 0.15) is 5.75 Å². The average molecular weight is 634 g/mol. The lowest BCUT2D eigenvalue weighted by Gasteiger charge is -2.32. The van der Waals surface area contributed by atoms with Crippen LogP contribution in [-0.2, 0) is 9.59 Å². The van der Waals surface area contributed by atoms with E-state index < -0.39 is 11.9 Å². The average Bonchev–Trinajstić information content (AvgIpc) is 3.79. The standard InChI is InChI=1S/C31H43N5O2.C4H4O4/c32-27-28-13-15-29(16-14-28)36(25-10-26-38-30-11-2-1-3-12-30)31(37)35(23-8-21-33-17-4-5-18-33)24-9-22-34-19-6-7-20-34;5-3(6)1-2-4(7)8/h1-3,11-16H,4-10,17-26H2;1-2H,(H,5,6)(H,7,8)/b;2-1-. The summed E-state index contributed by atoms with van der Waals surface area (Å²) in [6.07, 6.45) is 8.97. The fraction of sp³-hybridized carbons (Fsp3) is 0.486. The molecule has 2 heterocycles. The van der Waals surface area contributed by atoms with Gasteiger partial charge in [0.05, 0.1) is 18.2 Å². The first-order chi connectivity index (χ1) is 22.4. The number of carboxylic acids is 2. The van der Waals surface area contributed by atoms with Crippen LogP contribution in [0.15, 0.2) is 66.7 Å². The van der Waals surface area contributed by atoms with Crippen molar-refractivity contribution < 1.29 is 29.3 Å². The van der Waals surface area contributed by atoms with Gasteiger partial charge >= 0.3 is 18.0 Å². The number of urea groups is 1. The number of hydrogen-bond acceptors (Lipinski definition) is 7. The minimum absolute atomic E-state index is 0.0530. The summed E-state index contributed by atoms with van der Waals surface area (Å²) >= 11 is 0. The van der Waals surface area contributed by atoms with Crippen molar-refractivity contribution in [3.63, 3.8) is 0 Å². The number of anilines is 1. The van der Waals surface area contributed by atoms with E-state index in [9.17, 15) is 19.6 Å². The number of amides is 2. The molecule has 46 heavy (non-hydrogen) atoms. The number of nitriles is 1. The SMILES string of the molecule is N#Cc1ccc(N(CCCOc2ccccc2)C(=O)N(CCCN2CCCC2)CCCN2CCCC2)cc1.O=C(O)/C=C\C(=O)O. The summed E-state index contributed by atoms with van der Waals surface area (Å²) in [6, 6.07) is 19.4. The van der Waals surface area contributed by atoms with Crippen LogP contribution in [0.2, 0.25) is 0 Å². The molecule has 0 aliphatic carbocycles. The zero-order chi connectivity index (χ0) is 33.0. The molecule has 11 nitrogen and oxygen atoms in total. The molecule has 0 aromatic heterocycles. The van der Waals surface area contributed by atoms with Crippen LogP contribution in [-0.4, -0.2) is 108 Å². The van der Waals surface area contributed by atoms with E-state index >= 15 is 0 Å². The Morgan fingerprint density at radius 2 is 1.28 bits per heavy atom. The van der Waals surface area contributed by atoms with E-state index in [2.05, 4.69) is 20.8 Å². The van der Waals surface area contributed by atoms with Crippen molar-refractivity contribution in [2.24, 2.45) is 0 Å². The molecule has 0 radical (unpaired) electrons. The van der Waals surface area contributed by atoms with Gasteiger partial charge < -0.3 is 29.6 Å². The predicted molar refractivity (Wildman–Crippen MR) is 177 cm³/mol. The molecule has 0 unspecified atom stereocenters. The zero-order valence-corrected chi connectivity index (χ0v) is 26.6.